The molecule has 5 rings (SSSR count). The number of piperazine rings is 2. The number of terminal acetylenes is 1. The summed E-state index contributed by atoms with van der Waals surface area (Å²) in [5, 5.41) is 20.1. The van der Waals surface area contributed by atoms with Crippen LogP contribution in [0.3, 0.4) is 0 Å². The predicted molar refractivity (Wildman–Crippen MR) is 227 cm³/mol. The molecule has 2 fully saturated rings. The maximum Gasteiger partial charge on any atom is 0.338 e. The maximum atomic E-state index is 13.6. The van der Waals surface area contributed by atoms with Crippen molar-refractivity contribution in [3.8, 4) is 12.3 Å². The summed E-state index contributed by atoms with van der Waals surface area (Å²) in [5.41, 5.74) is 23.4. The Hall–Kier alpha value is -6.10. The Labute approximate surface area is 372 Å². The minimum Gasteiger partial charge on any atom is -1.00 e. The third-order valence-corrected chi connectivity index (χ3v) is 9.93. The number of carbonyl (C=O) groups excluding carboxylic acids is 2. The van der Waals surface area contributed by atoms with Gasteiger partial charge >= 0.3 is 11.9 Å². The average molecular weight is 902 g/mol. The maximum absolute atomic E-state index is 13.6. The van der Waals surface area contributed by atoms with Gasteiger partial charge in [-0.2, -0.15) is 15.0 Å². The minimum atomic E-state index is -0.525. The Kier molecular flexibility index (Phi) is 20.8. The Morgan fingerprint density at radius 1 is 0.762 bits per heavy atom. The standard InChI is InChI=1S/C37H60N20O5.ClH/c1-3-19-60-21-23-62-24-22-61-20-10-44-35-45-36(54-15-11-52(12-16-54)31(58)27-56-25-29(48-50-56)6-4-8-42-33(38)39)47-37(46-35)55-17-13-53(14-18-55)32(59)28(2)57-26-30(49-51-57)7-5-9-43-34(40)41;/h1,25-26,28H,4-24,27H2,2H3,(H4,38,39,42)(H4,40,41,43)(H,44,45,46,47);1H/p+1/t28-;/m0./s1. The van der Waals surface area contributed by atoms with Gasteiger partial charge in [0.2, 0.25) is 29.7 Å². The molecule has 0 spiro atoms. The summed E-state index contributed by atoms with van der Waals surface area (Å²) < 4.78 is 19.6. The monoisotopic (exact) mass is 901 g/mol. The molecular weight excluding hydrogens is 840 g/mol. The van der Waals surface area contributed by atoms with E-state index in [1.54, 1.807) is 21.8 Å². The van der Waals surface area contributed by atoms with Crippen molar-refractivity contribution in [2.75, 3.05) is 127 Å². The zero-order valence-electron chi connectivity index (χ0n) is 35.9. The molecule has 0 unspecified atom stereocenters. The van der Waals surface area contributed by atoms with Crippen molar-refractivity contribution in [2.24, 2.45) is 22.9 Å². The fourth-order valence-electron chi connectivity index (χ4n) is 6.57. The van der Waals surface area contributed by atoms with E-state index in [1.165, 1.54) is 0 Å². The van der Waals surface area contributed by atoms with Gasteiger partial charge in [0.1, 0.15) is 19.2 Å². The Morgan fingerprint density at radius 3 is 1.89 bits per heavy atom. The van der Waals surface area contributed by atoms with Crippen molar-refractivity contribution < 1.29 is 46.2 Å². The molecule has 5 heterocycles. The highest BCUT2D eigenvalue weighted by Crippen LogP contribution is 2.21. The second-order valence-corrected chi connectivity index (χ2v) is 14.6. The van der Waals surface area contributed by atoms with Crippen LogP contribution >= 0.6 is 0 Å². The first-order chi connectivity index (χ1) is 30.1. The van der Waals surface area contributed by atoms with Crippen LogP contribution in [-0.4, -0.2) is 190 Å². The molecule has 0 aromatic carbocycles. The first-order valence-electron chi connectivity index (χ1n) is 20.9. The number of amides is 2. The van der Waals surface area contributed by atoms with Gasteiger partial charge in [-0.05, 0) is 32.6 Å². The third kappa shape index (κ3) is 16.6. The van der Waals surface area contributed by atoms with Crippen LogP contribution in [-0.2, 0) is 43.2 Å². The number of nitrogens with two attached hydrogens (primary N) is 4. The average Bonchev–Trinajstić information content (AvgIpc) is 3.95. The molecule has 0 aliphatic carbocycles. The lowest BCUT2D eigenvalue weighted by Gasteiger charge is -2.37. The van der Waals surface area contributed by atoms with E-state index in [9.17, 15) is 9.59 Å². The van der Waals surface area contributed by atoms with Crippen molar-refractivity contribution in [3.05, 3.63) is 23.8 Å². The van der Waals surface area contributed by atoms with E-state index in [0.29, 0.717) is 136 Å². The highest BCUT2D eigenvalue weighted by Gasteiger charge is 2.29. The van der Waals surface area contributed by atoms with Gasteiger partial charge in [0, 0.05) is 71.3 Å². The van der Waals surface area contributed by atoms with Crippen LogP contribution in [0.5, 0.6) is 0 Å². The van der Waals surface area contributed by atoms with Crippen LogP contribution < -0.4 is 60.4 Å². The van der Waals surface area contributed by atoms with Crippen molar-refractivity contribution in [1.82, 2.24) is 54.7 Å². The first-order valence-corrected chi connectivity index (χ1v) is 20.9. The smallest absolute Gasteiger partial charge is 0.338 e. The highest BCUT2D eigenvalue weighted by molar-refractivity contribution is 5.80. The number of aryl methyl sites for hydroxylation is 2. The zero-order valence-corrected chi connectivity index (χ0v) is 36.7. The van der Waals surface area contributed by atoms with Crippen molar-refractivity contribution in [3.63, 3.8) is 0 Å². The normalized spacial score (nSPS) is 14.4. The number of hydrogen-bond acceptors (Lipinski definition) is 15. The largest absolute Gasteiger partial charge is 1.00 e. The minimum absolute atomic E-state index is 0. The van der Waals surface area contributed by atoms with Gasteiger partial charge in [-0.1, -0.05) is 16.3 Å². The van der Waals surface area contributed by atoms with Gasteiger partial charge in [0.05, 0.1) is 57.5 Å². The quantitative estimate of drug-likeness (QED) is 0.0180. The molecule has 2 aliphatic heterocycles. The molecule has 0 radical (unpaired) electrons. The van der Waals surface area contributed by atoms with Crippen LogP contribution in [0, 0.1) is 12.3 Å². The second-order valence-electron chi connectivity index (χ2n) is 14.6. The molecule has 3 aromatic rings. The molecule has 2 aliphatic rings. The lowest BCUT2D eigenvalue weighted by Crippen LogP contribution is -3.00. The van der Waals surface area contributed by atoms with E-state index in [0.717, 1.165) is 24.2 Å². The van der Waals surface area contributed by atoms with Crippen molar-refractivity contribution in [1.29, 1.82) is 0 Å². The predicted octanol–water partition coefficient (Wildman–Crippen LogP) is -10.0. The van der Waals surface area contributed by atoms with Crippen molar-refractivity contribution in [2.45, 2.75) is 45.2 Å². The number of nitrogens with zero attached hydrogens (tertiary/aromatic N) is 13. The van der Waals surface area contributed by atoms with E-state index in [-0.39, 0.29) is 49.3 Å². The van der Waals surface area contributed by atoms with Gasteiger partial charge in [0.25, 0.3) is 0 Å². The Morgan fingerprint density at radius 2 is 1.30 bits per heavy atom. The Balaban J connectivity index is 0.00000871. The molecule has 11 N–H and O–H groups in total. The van der Waals surface area contributed by atoms with E-state index < -0.39 is 6.04 Å². The molecule has 25 nitrogen and oxygen atoms in total. The summed E-state index contributed by atoms with van der Waals surface area (Å²) in [6.45, 7) is 9.88. The van der Waals surface area contributed by atoms with Gasteiger partial charge in [-0.25, -0.2) is 9.36 Å². The number of nitrogens with one attached hydrogen (secondary N) is 3. The number of carbonyl (C=O) groups is 2. The molecule has 1 atom stereocenters. The molecule has 3 aromatic heterocycles. The molecule has 26 heteroatoms. The molecule has 346 valence electrons. The summed E-state index contributed by atoms with van der Waals surface area (Å²) >= 11 is 0. The molecule has 63 heavy (non-hydrogen) atoms. The molecule has 0 bridgehead atoms. The first kappa shape index (κ1) is 49.6. The van der Waals surface area contributed by atoms with Gasteiger partial charge in [-0.15, -0.1) is 16.6 Å². The summed E-state index contributed by atoms with van der Waals surface area (Å²) in [6.07, 6.45) is 11.6. The summed E-state index contributed by atoms with van der Waals surface area (Å²) in [5.74, 6) is 4.04. The number of rotatable bonds is 25. The molecule has 2 amide bonds. The topological polar surface area (TPSA) is 319 Å². The van der Waals surface area contributed by atoms with Crippen LogP contribution in [0.4, 0.5) is 17.8 Å². The summed E-state index contributed by atoms with van der Waals surface area (Å²) in [6, 6.07) is -0.525. The SMILES string of the molecule is C#CCOCCOCCOCCNc1nc(N2CCN(C(=O)Cn3cc(CCC[NH+]=C(N)N)nn3)CC2)nc(N2CCN(C(=O)[C@H](C)n3cc(CCC[NH+]=C(N)N)nn3)CC2)n1.[Cl-]. The van der Waals surface area contributed by atoms with Crippen LogP contribution in [0.15, 0.2) is 12.4 Å². The van der Waals surface area contributed by atoms with Gasteiger partial charge in [-0.3, -0.25) is 42.5 Å². The second kappa shape index (κ2) is 26.4. The van der Waals surface area contributed by atoms with E-state index in [2.05, 4.69) is 41.8 Å². The van der Waals surface area contributed by atoms with Crippen LogP contribution in [0.25, 0.3) is 0 Å². The fourth-order valence-corrected chi connectivity index (χ4v) is 6.57. The third-order valence-electron chi connectivity index (χ3n) is 9.93. The number of halogens is 1. The lowest BCUT2D eigenvalue weighted by atomic mass is 10.2. The molecule has 2 saturated heterocycles. The van der Waals surface area contributed by atoms with Crippen LogP contribution in [0.1, 0.15) is 37.2 Å². The summed E-state index contributed by atoms with van der Waals surface area (Å²) in [4.78, 5) is 54.7. The zero-order chi connectivity index (χ0) is 44.1. The van der Waals surface area contributed by atoms with E-state index >= 15 is 0 Å². The van der Waals surface area contributed by atoms with Gasteiger partial charge in [0.15, 0.2) is 0 Å². The van der Waals surface area contributed by atoms with Gasteiger partial charge < -0.3 is 51.5 Å². The summed E-state index contributed by atoms with van der Waals surface area (Å²) in [7, 11) is 0. The Bertz CT molecular complexity index is 1950. The number of anilines is 3. The van der Waals surface area contributed by atoms with Crippen LogP contribution in [0.2, 0.25) is 0 Å². The number of guanidine groups is 2. The van der Waals surface area contributed by atoms with E-state index in [4.69, 9.17) is 58.5 Å². The number of ether oxygens (including phenoxy) is 3. The fraction of sp³-hybridized carbons (Fsp3) is 0.649. The highest BCUT2D eigenvalue weighted by atomic mass is 35.5. The molecule has 0 saturated carbocycles. The molecular formula is C37H62ClN20O5+. The van der Waals surface area contributed by atoms with E-state index in [1.807, 2.05) is 26.5 Å². The lowest BCUT2D eigenvalue weighted by molar-refractivity contribution is -0.460. The number of aromatic nitrogens is 9. The van der Waals surface area contributed by atoms with Crippen molar-refractivity contribution >= 4 is 41.6 Å². The number of hydrogen-bond donors (Lipinski definition) is 7.